The van der Waals surface area contributed by atoms with Crippen molar-refractivity contribution in [3.05, 3.63) is 23.3 Å². The first-order valence-corrected chi connectivity index (χ1v) is 7.05. The molecule has 0 aromatic heterocycles. The fourth-order valence-electron chi connectivity index (χ4n) is 1.45. The zero-order valence-corrected chi connectivity index (χ0v) is 11.5. The van der Waals surface area contributed by atoms with E-state index in [9.17, 15) is 8.42 Å². The van der Waals surface area contributed by atoms with Gasteiger partial charge < -0.3 is 4.74 Å². The van der Waals surface area contributed by atoms with Gasteiger partial charge >= 0.3 is 0 Å². The Kier molecular flexibility index (Phi) is 4.54. The Morgan fingerprint density at radius 1 is 1.24 bits per heavy atom. The smallest absolute Gasteiger partial charge is 0.244 e. The summed E-state index contributed by atoms with van der Waals surface area (Å²) in [6.07, 6.45) is 0.756. The summed E-state index contributed by atoms with van der Waals surface area (Å²) in [5, 5.41) is 0. The van der Waals surface area contributed by atoms with Crippen LogP contribution in [-0.4, -0.2) is 22.1 Å². The Hall–Kier alpha value is -1.07. The lowest BCUT2D eigenvalue weighted by molar-refractivity contribution is 0.402. The van der Waals surface area contributed by atoms with Gasteiger partial charge in [-0.3, -0.25) is 0 Å². The van der Waals surface area contributed by atoms with Crippen LogP contribution >= 0.6 is 0 Å². The molecule has 0 fully saturated rings. The second kappa shape index (κ2) is 5.51. The molecule has 0 saturated carbocycles. The molecule has 0 aliphatic rings. The number of rotatable bonds is 5. The van der Waals surface area contributed by atoms with Crippen molar-refractivity contribution in [1.82, 2.24) is 4.72 Å². The van der Waals surface area contributed by atoms with Crippen LogP contribution in [-0.2, 0) is 10.0 Å². The molecular weight excluding hydrogens is 238 g/mol. The van der Waals surface area contributed by atoms with Gasteiger partial charge in [0.05, 0.1) is 7.11 Å². The maximum Gasteiger partial charge on any atom is 0.244 e. The number of benzene rings is 1. The zero-order chi connectivity index (χ0) is 13.1. The number of methoxy groups -OCH3 is 1. The van der Waals surface area contributed by atoms with E-state index in [1.165, 1.54) is 7.11 Å². The highest BCUT2D eigenvalue weighted by molar-refractivity contribution is 7.89. The second-order valence-corrected chi connectivity index (χ2v) is 5.72. The third-order valence-corrected chi connectivity index (χ3v) is 4.09. The largest absolute Gasteiger partial charge is 0.495 e. The van der Waals surface area contributed by atoms with Gasteiger partial charge in [0, 0.05) is 6.54 Å². The predicted molar refractivity (Wildman–Crippen MR) is 67.9 cm³/mol. The normalized spacial score (nSPS) is 11.5. The summed E-state index contributed by atoms with van der Waals surface area (Å²) in [7, 11) is -2.00. The molecule has 0 heterocycles. The van der Waals surface area contributed by atoms with Crippen LogP contribution in [0.3, 0.4) is 0 Å². The first kappa shape index (κ1) is 14.0. The van der Waals surface area contributed by atoms with Gasteiger partial charge in [-0.1, -0.05) is 6.92 Å². The van der Waals surface area contributed by atoms with Crippen LogP contribution in [0.2, 0.25) is 0 Å². The Labute approximate surface area is 103 Å². The van der Waals surface area contributed by atoms with Crippen LogP contribution in [0, 0.1) is 13.8 Å². The van der Waals surface area contributed by atoms with Crippen LogP contribution < -0.4 is 9.46 Å². The molecule has 1 aromatic rings. The van der Waals surface area contributed by atoms with Gasteiger partial charge in [-0.05, 0) is 43.5 Å². The van der Waals surface area contributed by atoms with E-state index in [1.54, 1.807) is 12.1 Å². The average molecular weight is 257 g/mol. The minimum absolute atomic E-state index is 0.205. The second-order valence-electron chi connectivity index (χ2n) is 3.99. The minimum Gasteiger partial charge on any atom is -0.495 e. The third kappa shape index (κ3) is 3.20. The topological polar surface area (TPSA) is 55.4 Å². The molecule has 5 heteroatoms. The van der Waals surface area contributed by atoms with E-state index in [-0.39, 0.29) is 4.90 Å². The van der Waals surface area contributed by atoms with Gasteiger partial charge in [0.2, 0.25) is 10.0 Å². The molecule has 0 saturated heterocycles. The van der Waals surface area contributed by atoms with Crippen LogP contribution in [0.1, 0.15) is 24.5 Å². The fourth-order valence-corrected chi connectivity index (χ4v) is 2.81. The highest BCUT2D eigenvalue weighted by Gasteiger charge is 2.19. The van der Waals surface area contributed by atoms with Crippen molar-refractivity contribution in [1.29, 1.82) is 0 Å². The zero-order valence-electron chi connectivity index (χ0n) is 10.7. The highest BCUT2D eigenvalue weighted by atomic mass is 32.2. The summed E-state index contributed by atoms with van der Waals surface area (Å²) in [6, 6.07) is 3.39. The lowest BCUT2D eigenvalue weighted by atomic mass is 10.1. The summed E-state index contributed by atoms with van der Waals surface area (Å²) < 4.78 is 31.8. The lowest BCUT2D eigenvalue weighted by Gasteiger charge is -2.12. The first-order valence-electron chi connectivity index (χ1n) is 5.57. The van der Waals surface area contributed by atoms with Crippen molar-refractivity contribution < 1.29 is 13.2 Å². The standard InChI is InChI=1S/C12H19NO3S/c1-5-6-13-17(14,15)12-8-10(3)9(2)7-11(12)16-4/h7-8,13H,5-6H2,1-4H3. The monoisotopic (exact) mass is 257 g/mol. The van der Waals surface area contributed by atoms with Gasteiger partial charge in [0.1, 0.15) is 10.6 Å². The molecule has 0 bridgehead atoms. The Balaban J connectivity index is 3.25. The number of hydrogen-bond acceptors (Lipinski definition) is 3. The van der Waals surface area contributed by atoms with E-state index < -0.39 is 10.0 Å². The van der Waals surface area contributed by atoms with E-state index in [0.717, 1.165) is 17.5 Å². The number of sulfonamides is 1. The van der Waals surface area contributed by atoms with Crippen molar-refractivity contribution in [2.45, 2.75) is 32.1 Å². The van der Waals surface area contributed by atoms with Crippen LogP contribution in [0.5, 0.6) is 5.75 Å². The Morgan fingerprint density at radius 3 is 2.35 bits per heavy atom. The molecule has 17 heavy (non-hydrogen) atoms. The molecule has 0 aliphatic heterocycles. The molecule has 0 amide bonds. The summed E-state index contributed by atoms with van der Waals surface area (Å²) in [6.45, 7) is 6.15. The van der Waals surface area contributed by atoms with Crippen molar-refractivity contribution >= 4 is 10.0 Å². The number of nitrogens with one attached hydrogen (secondary N) is 1. The molecule has 0 atom stereocenters. The molecule has 0 radical (unpaired) electrons. The Morgan fingerprint density at radius 2 is 1.82 bits per heavy atom. The fraction of sp³-hybridized carbons (Fsp3) is 0.500. The predicted octanol–water partition coefficient (Wildman–Crippen LogP) is 2.00. The first-order chi connectivity index (χ1) is 7.92. The summed E-state index contributed by atoms with van der Waals surface area (Å²) in [4.78, 5) is 0.205. The maximum atomic E-state index is 12.0. The Bertz CT molecular complexity index is 495. The van der Waals surface area contributed by atoms with Crippen molar-refractivity contribution in [3.63, 3.8) is 0 Å². The van der Waals surface area contributed by atoms with Crippen molar-refractivity contribution in [2.75, 3.05) is 13.7 Å². The van der Waals surface area contributed by atoms with Crippen LogP contribution in [0.25, 0.3) is 0 Å². The lowest BCUT2D eigenvalue weighted by Crippen LogP contribution is -2.25. The van der Waals surface area contributed by atoms with E-state index in [4.69, 9.17) is 4.74 Å². The van der Waals surface area contributed by atoms with E-state index >= 15 is 0 Å². The molecule has 0 aliphatic carbocycles. The van der Waals surface area contributed by atoms with E-state index in [0.29, 0.717) is 12.3 Å². The highest BCUT2D eigenvalue weighted by Crippen LogP contribution is 2.26. The molecule has 1 rings (SSSR count). The van der Waals surface area contributed by atoms with Gasteiger partial charge in [-0.15, -0.1) is 0 Å². The number of ether oxygens (including phenoxy) is 1. The summed E-state index contributed by atoms with van der Waals surface area (Å²) in [5.41, 5.74) is 1.94. The van der Waals surface area contributed by atoms with Gasteiger partial charge in [-0.25, -0.2) is 13.1 Å². The molecule has 0 spiro atoms. The molecule has 96 valence electrons. The molecular formula is C12H19NO3S. The van der Waals surface area contributed by atoms with E-state index in [2.05, 4.69) is 4.72 Å². The molecule has 0 unspecified atom stereocenters. The molecule has 1 N–H and O–H groups in total. The quantitative estimate of drug-likeness (QED) is 0.877. The van der Waals surface area contributed by atoms with Crippen molar-refractivity contribution in [3.8, 4) is 5.75 Å². The van der Waals surface area contributed by atoms with Crippen molar-refractivity contribution in [2.24, 2.45) is 0 Å². The minimum atomic E-state index is -3.48. The van der Waals surface area contributed by atoms with E-state index in [1.807, 2.05) is 20.8 Å². The summed E-state index contributed by atoms with van der Waals surface area (Å²) >= 11 is 0. The van der Waals surface area contributed by atoms with Gasteiger partial charge in [0.25, 0.3) is 0 Å². The third-order valence-electron chi connectivity index (χ3n) is 2.61. The van der Waals surface area contributed by atoms with Crippen LogP contribution in [0.4, 0.5) is 0 Å². The average Bonchev–Trinajstić information content (AvgIpc) is 2.29. The van der Waals surface area contributed by atoms with Crippen LogP contribution in [0.15, 0.2) is 17.0 Å². The molecule has 4 nitrogen and oxygen atoms in total. The van der Waals surface area contributed by atoms with Gasteiger partial charge in [0.15, 0.2) is 0 Å². The maximum absolute atomic E-state index is 12.0. The molecule has 1 aromatic carbocycles. The summed E-state index contributed by atoms with van der Waals surface area (Å²) in [5.74, 6) is 0.386. The number of hydrogen-bond donors (Lipinski definition) is 1. The SMILES string of the molecule is CCCNS(=O)(=O)c1cc(C)c(C)cc1OC. The number of aryl methyl sites for hydroxylation is 2. The van der Waals surface area contributed by atoms with Gasteiger partial charge in [-0.2, -0.15) is 0 Å².